The fourth-order valence-electron chi connectivity index (χ4n) is 3.95. The van der Waals surface area contributed by atoms with Crippen LogP contribution in [0.25, 0.3) is 0 Å². The predicted octanol–water partition coefficient (Wildman–Crippen LogP) is 5.05. The summed E-state index contributed by atoms with van der Waals surface area (Å²) in [5.74, 6) is 0.740. The van der Waals surface area contributed by atoms with E-state index in [-0.39, 0.29) is 15.8 Å². The van der Waals surface area contributed by atoms with Crippen LogP contribution < -0.4 is 4.90 Å². The molecule has 160 valence electrons. The Morgan fingerprint density at radius 2 is 1.67 bits per heavy atom. The lowest BCUT2D eigenvalue weighted by atomic mass is 10.1. The van der Waals surface area contributed by atoms with E-state index in [0.29, 0.717) is 25.2 Å². The third kappa shape index (κ3) is 4.40. The van der Waals surface area contributed by atoms with Crippen LogP contribution in [-0.2, 0) is 10.0 Å². The number of amides is 1. The van der Waals surface area contributed by atoms with Crippen molar-refractivity contribution in [2.75, 3.05) is 30.3 Å². The van der Waals surface area contributed by atoms with Gasteiger partial charge in [-0.3, -0.25) is 4.79 Å². The SMILES string of the molecule is O=C(c1ccc(Cl)c(S(=O)(=O)N2CCCCCC2)c1)N1CCCSc2ccccc21. The molecule has 0 spiro atoms. The monoisotopic (exact) mass is 464 g/mol. The highest BCUT2D eigenvalue weighted by molar-refractivity contribution is 7.99. The molecule has 2 heterocycles. The first-order chi connectivity index (χ1) is 14.5. The first-order valence-electron chi connectivity index (χ1n) is 10.3. The lowest BCUT2D eigenvalue weighted by molar-refractivity contribution is 0.0986. The summed E-state index contributed by atoms with van der Waals surface area (Å²) in [5, 5.41) is 0.155. The number of halogens is 1. The van der Waals surface area contributed by atoms with E-state index < -0.39 is 10.0 Å². The van der Waals surface area contributed by atoms with E-state index >= 15 is 0 Å². The van der Waals surface area contributed by atoms with Gasteiger partial charge in [-0.05, 0) is 55.3 Å². The van der Waals surface area contributed by atoms with Crippen molar-refractivity contribution in [1.29, 1.82) is 0 Å². The second kappa shape index (κ2) is 9.30. The number of carbonyl (C=O) groups is 1. The fraction of sp³-hybridized carbons (Fsp3) is 0.409. The minimum absolute atomic E-state index is 0.0226. The summed E-state index contributed by atoms with van der Waals surface area (Å²) >= 11 is 8.04. The number of nitrogens with zero attached hydrogens (tertiary/aromatic N) is 2. The molecule has 0 bridgehead atoms. The van der Waals surface area contributed by atoms with Gasteiger partial charge in [0.15, 0.2) is 0 Å². The Kier molecular flexibility index (Phi) is 6.72. The molecule has 8 heteroatoms. The van der Waals surface area contributed by atoms with Crippen molar-refractivity contribution in [2.45, 2.75) is 41.9 Å². The van der Waals surface area contributed by atoms with Crippen LogP contribution in [-0.4, -0.2) is 44.0 Å². The molecule has 0 radical (unpaired) electrons. The molecule has 1 fully saturated rings. The highest BCUT2D eigenvalue weighted by atomic mass is 35.5. The number of fused-ring (bicyclic) bond motifs is 1. The summed E-state index contributed by atoms with van der Waals surface area (Å²) in [6.45, 7) is 1.58. The molecule has 4 rings (SSSR count). The molecule has 0 saturated carbocycles. The van der Waals surface area contributed by atoms with Gasteiger partial charge in [-0.15, -0.1) is 11.8 Å². The van der Waals surface area contributed by atoms with Gasteiger partial charge in [0, 0.05) is 30.1 Å². The number of rotatable bonds is 3. The Hall–Kier alpha value is -1.54. The molecule has 0 N–H and O–H groups in total. The molecule has 0 aromatic heterocycles. The standard InChI is InChI=1S/C22H25ClN2O3S2/c23-18-11-10-17(16-21(18)30(27,28)24-12-5-1-2-6-13-24)22(26)25-14-7-15-29-20-9-4-3-8-19(20)25/h3-4,8-11,16H,1-2,5-7,12-15H2. The second-order valence-corrected chi connectivity index (χ2v) is 11.0. The summed E-state index contributed by atoms with van der Waals surface area (Å²) in [4.78, 5) is 16.2. The van der Waals surface area contributed by atoms with Gasteiger partial charge in [-0.1, -0.05) is 36.6 Å². The maximum atomic E-state index is 13.4. The van der Waals surface area contributed by atoms with Crippen LogP contribution >= 0.6 is 23.4 Å². The van der Waals surface area contributed by atoms with Gasteiger partial charge < -0.3 is 4.90 Å². The van der Waals surface area contributed by atoms with Crippen molar-refractivity contribution in [3.05, 3.63) is 53.1 Å². The van der Waals surface area contributed by atoms with Gasteiger partial charge in [0.25, 0.3) is 5.91 Å². The van der Waals surface area contributed by atoms with E-state index in [1.165, 1.54) is 16.4 Å². The van der Waals surface area contributed by atoms with Gasteiger partial charge in [-0.25, -0.2) is 8.42 Å². The first kappa shape index (κ1) is 21.7. The first-order valence-corrected chi connectivity index (χ1v) is 13.1. The van der Waals surface area contributed by atoms with E-state index in [9.17, 15) is 13.2 Å². The number of hydrogen-bond donors (Lipinski definition) is 0. The maximum Gasteiger partial charge on any atom is 0.258 e. The van der Waals surface area contributed by atoms with E-state index in [4.69, 9.17) is 11.6 Å². The van der Waals surface area contributed by atoms with Crippen LogP contribution in [0.5, 0.6) is 0 Å². The molecule has 5 nitrogen and oxygen atoms in total. The summed E-state index contributed by atoms with van der Waals surface area (Å²) in [7, 11) is -3.74. The molecule has 2 aliphatic heterocycles. The van der Waals surface area contributed by atoms with E-state index in [0.717, 1.165) is 48.4 Å². The van der Waals surface area contributed by atoms with Crippen LogP contribution in [0.2, 0.25) is 5.02 Å². The Morgan fingerprint density at radius 1 is 0.933 bits per heavy atom. The molecule has 0 unspecified atom stereocenters. The number of para-hydroxylation sites is 1. The predicted molar refractivity (Wildman–Crippen MR) is 122 cm³/mol. The molecular formula is C22H25ClN2O3S2. The molecule has 0 atom stereocenters. The highest BCUT2D eigenvalue weighted by Crippen LogP contribution is 2.35. The highest BCUT2D eigenvalue weighted by Gasteiger charge is 2.29. The van der Waals surface area contributed by atoms with Gasteiger partial charge in [0.05, 0.1) is 10.7 Å². The average molecular weight is 465 g/mol. The Morgan fingerprint density at radius 3 is 2.43 bits per heavy atom. The van der Waals surface area contributed by atoms with E-state index in [1.54, 1.807) is 22.7 Å². The molecule has 1 amide bonds. The number of thioether (sulfide) groups is 1. The third-order valence-corrected chi connectivity index (χ3v) is 9.08. The third-order valence-electron chi connectivity index (χ3n) is 5.55. The Balaban J connectivity index is 1.69. The Bertz CT molecular complexity index is 1030. The quantitative estimate of drug-likeness (QED) is 0.638. The van der Waals surface area contributed by atoms with Crippen molar-refractivity contribution < 1.29 is 13.2 Å². The summed E-state index contributed by atoms with van der Waals surface area (Å²) in [6, 6.07) is 12.4. The van der Waals surface area contributed by atoms with Crippen molar-refractivity contribution in [3.8, 4) is 0 Å². The molecule has 30 heavy (non-hydrogen) atoms. The molecule has 2 aliphatic rings. The number of sulfonamides is 1. The molecule has 2 aromatic rings. The zero-order valence-corrected chi connectivity index (χ0v) is 19.1. The summed E-state index contributed by atoms with van der Waals surface area (Å²) in [6.07, 6.45) is 4.63. The fourth-order valence-corrected chi connectivity index (χ4v) is 6.96. The molecule has 1 saturated heterocycles. The molecule has 2 aromatic carbocycles. The van der Waals surface area contributed by atoms with E-state index in [1.807, 2.05) is 24.3 Å². The smallest absolute Gasteiger partial charge is 0.258 e. The number of anilines is 1. The number of benzene rings is 2. The van der Waals surface area contributed by atoms with Gasteiger partial charge in [-0.2, -0.15) is 4.31 Å². The zero-order chi connectivity index (χ0) is 21.1. The Labute approximate surface area is 187 Å². The normalized spacial score (nSPS) is 18.4. The zero-order valence-electron chi connectivity index (χ0n) is 16.7. The van der Waals surface area contributed by atoms with Gasteiger partial charge >= 0.3 is 0 Å². The lowest BCUT2D eigenvalue weighted by Gasteiger charge is -2.24. The average Bonchev–Trinajstić information content (AvgIpc) is 3.15. The maximum absolute atomic E-state index is 13.4. The minimum atomic E-state index is -3.74. The number of hydrogen-bond acceptors (Lipinski definition) is 4. The van der Waals surface area contributed by atoms with Crippen LogP contribution in [0.15, 0.2) is 52.3 Å². The van der Waals surface area contributed by atoms with Crippen LogP contribution in [0.1, 0.15) is 42.5 Å². The molecule has 0 aliphatic carbocycles. The van der Waals surface area contributed by atoms with Crippen molar-refractivity contribution >= 4 is 45.0 Å². The van der Waals surface area contributed by atoms with Gasteiger partial charge in [0.1, 0.15) is 4.90 Å². The number of carbonyl (C=O) groups excluding carboxylic acids is 1. The van der Waals surface area contributed by atoms with Crippen molar-refractivity contribution in [3.63, 3.8) is 0 Å². The van der Waals surface area contributed by atoms with Gasteiger partial charge in [0.2, 0.25) is 10.0 Å². The van der Waals surface area contributed by atoms with Crippen LogP contribution in [0.3, 0.4) is 0 Å². The second-order valence-electron chi connectivity index (χ2n) is 7.59. The summed E-state index contributed by atoms with van der Waals surface area (Å²) < 4.78 is 28.1. The van der Waals surface area contributed by atoms with Crippen molar-refractivity contribution in [1.82, 2.24) is 4.31 Å². The van der Waals surface area contributed by atoms with Crippen LogP contribution in [0, 0.1) is 0 Å². The van der Waals surface area contributed by atoms with Crippen LogP contribution in [0.4, 0.5) is 5.69 Å². The minimum Gasteiger partial charge on any atom is -0.307 e. The van der Waals surface area contributed by atoms with Crippen molar-refractivity contribution in [2.24, 2.45) is 0 Å². The topological polar surface area (TPSA) is 57.7 Å². The lowest BCUT2D eigenvalue weighted by Crippen LogP contribution is -2.33. The largest absolute Gasteiger partial charge is 0.307 e. The molecular weight excluding hydrogens is 440 g/mol. The van der Waals surface area contributed by atoms with E-state index in [2.05, 4.69) is 0 Å². The summed E-state index contributed by atoms with van der Waals surface area (Å²) in [5.41, 5.74) is 1.21.